The third kappa shape index (κ3) is 1.65. The molecule has 0 saturated carbocycles. The Morgan fingerprint density at radius 3 is 2.56 bits per heavy atom. The molecule has 2 heteroatoms. The summed E-state index contributed by atoms with van der Waals surface area (Å²) in [5.41, 5.74) is 0. The number of halogens is 1. The predicted octanol–water partition coefficient (Wildman–Crippen LogP) is 1.34. The van der Waals surface area contributed by atoms with E-state index in [1.165, 1.54) is 0 Å². The quantitative estimate of drug-likeness (QED) is 0.523. The molecule has 0 aliphatic carbocycles. The van der Waals surface area contributed by atoms with Crippen molar-refractivity contribution < 1.29 is 4.39 Å². The Bertz CT molecular complexity index is 94.9. The third-order valence-electron chi connectivity index (χ3n) is 1.96. The maximum absolute atomic E-state index is 12.8. The van der Waals surface area contributed by atoms with Gasteiger partial charge in [-0.25, -0.2) is 4.39 Å². The predicted molar refractivity (Wildman–Crippen MR) is 36.1 cm³/mol. The molecule has 9 heavy (non-hydrogen) atoms. The molecule has 3 atom stereocenters. The Hall–Kier alpha value is -0.110. The summed E-state index contributed by atoms with van der Waals surface area (Å²) < 4.78 is 12.8. The molecule has 1 rings (SSSR count). The molecular weight excluding hydrogens is 117 g/mol. The highest BCUT2D eigenvalue weighted by Gasteiger charge is 2.23. The lowest BCUT2D eigenvalue weighted by atomic mass is 9.96. The smallest absolute Gasteiger partial charge is 0.115 e. The van der Waals surface area contributed by atoms with Crippen molar-refractivity contribution >= 4 is 0 Å². The minimum absolute atomic E-state index is 0.0706. The number of nitrogens with one attached hydrogen (secondary N) is 1. The van der Waals surface area contributed by atoms with Crippen molar-refractivity contribution in [2.24, 2.45) is 5.92 Å². The van der Waals surface area contributed by atoms with E-state index < -0.39 is 6.17 Å². The summed E-state index contributed by atoms with van der Waals surface area (Å²) in [6.07, 6.45) is 0.0995. The van der Waals surface area contributed by atoms with Gasteiger partial charge >= 0.3 is 0 Å². The van der Waals surface area contributed by atoms with Gasteiger partial charge in [-0.15, -0.1) is 0 Å². The second kappa shape index (κ2) is 2.65. The molecule has 0 aromatic heterocycles. The van der Waals surface area contributed by atoms with Gasteiger partial charge in [0, 0.05) is 6.04 Å². The van der Waals surface area contributed by atoms with E-state index in [1.807, 2.05) is 6.92 Å². The van der Waals surface area contributed by atoms with E-state index in [0.29, 0.717) is 5.92 Å². The highest BCUT2D eigenvalue weighted by atomic mass is 19.1. The van der Waals surface area contributed by atoms with E-state index in [2.05, 4.69) is 12.2 Å². The maximum atomic E-state index is 12.8. The molecule has 0 bridgehead atoms. The number of rotatable bonds is 0. The topological polar surface area (TPSA) is 12.0 Å². The third-order valence-corrected chi connectivity index (χ3v) is 1.96. The summed E-state index contributed by atoms with van der Waals surface area (Å²) in [4.78, 5) is 0. The lowest BCUT2D eigenvalue weighted by Gasteiger charge is -2.28. The van der Waals surface area contributed by atoms with Crippen LogP contribution in [0.3, 0.4) is 0 Å². The number of hydrogen-bond acceptors (Lipinski definition) is 1. The second-order valence-electron chi connectivity index (χ2n) is 3.05. The van der Waals surface area contributed by atoms with Crippen LogP contribution in [0.5, 0.6) is 0 Å². The van der Waals surface area contributed by atoms with E-state index in [4.69, 9.17) is 0 Å². The molecular formula is C7H14FN. The lowest BCUT2D eigenvalue weighted by Crippen LogP contribution is -2.43. The Morgan fingerprint density at radius 2 is 2.11 bits per heavy atom. The van der Waals surface area contributed by atoms with Crippen LogP contribution in [0, 0.1) is 5.92 Å². The summed E-state index contributed by atoms with van der Waals surface area (Å²) in [6, 6.07) is 0.0706. The Labute approximate surface area is 55.6 Å². The van der Waals surface area contributed by atoms with Gasteiger partial charge in [-0.3, -0.25) is 0 Å². The Morgan fingerprint density at radius 1 is 1.44 bits per heavy atom. The number of hydrogen-bond donors (Lipinski definition) is 1. The molecule has 0 radical (unpaired) electrons. The van der Waals surface area contributed by atoms with E-state index in [-0.39, 0.29) is 6.04 Å². The monoisotopic (exact) mass is 131 g/mol. The standard InChI is InChI=1S/C7H14FN/c1-5-3-7(8)6(2)9-4-5/h5-7,9H,3-4H2,1-2H3/t5?,6-,7?/m1/s1. The molecule has 1 heterocycles. The van der Waals surface area contributed by atoms with Crippen molar-refractivity contribution in [1.82, 2.24) is 5.32 Å². The zero-order valence-electron chi connectivity index (χ0n) is 6.02. The van der Waals surface area contributed by atoms with E-state index in [9.17, 15) is 4.39 Å². The SMILES string of the molecule is CC1CN[C@H](C)C(F)C1. The van der Waals surface area contributed by atoms with Gasteiger partial charge in [0.15, 0.2) is 0 Å². The van der Waals surface area contributed by atoms with Crippen molar-refractivity contribution in [2.45, 2.75) is 32.5 Å². The van der Waals surface area contributed by atoms with Crippen molar-refractivity contribution in [3.8, 4) is 0 Å². The molecule has 1 N–H and O–H groups in total. The van der Waals surface area contributed by atoms with Crippen LogP contribution in [0.1, 0.15) is 20.3 Å². The number of piperidine rings is 1. The highest BCUT2D eigenvalue weighted by Crippen LogP contribution is 2.16. The average Bonchev–Trinajstić information content (AvgIpc) is 1.80. The van der Waals surface area contributed by atoms with Gasteiger partial charge in [0.1, 0.15) is 6.17 Å². The first-order valence-corrected chi connectivity index (χ1v) is 3.57. The molecule has 1 aliphatic rings. The van der Waals surface area contributed by atoms with E-state index in [0.717, 1.165) is 13.0 Å². The van der Waals surface area contributed by atoms with Crippen molar-refractivity contribution in [3.05, 3.63) is 0 Å². The van der Waals surface area contributed by atoms with Gasteiger partial charge in [0.25, 0.3) is 0 Å². The van der Waals surface area contributed by atoms with Crippen LogP contribution in [-0.2, 0) is 0 Å². The highest BCUT2D eigenvalue weighted by molar-refractivity contribution is 4.80. The van der Waals surface area contributed by atoms with E-state index in [1.54, 1.807) is 0 Å². The largest absolute Gasteiger partial charge is 0.311 e. The molecule has 0 aromatic carbocycles. The molecule has 2 unspecified atom stereocenters. The fraction of sp³-hybridized carbons (Fsp3) is 1.00. The van der Waals surface area contributed by atoms with E-state index >= 15 is 0 Å². The minimum Gasteiger partial charge on any atom is -0.311 e. The summed E-state index contributed by atoms with van der Waals surface area (Å²) >= 11 is 0. The van der Waals surface area contributed by atoms with Crippen LogP contribution in [-0.4, -0.2) is 18.8 Å². The van der Waals surface area contributed by atoms with Gasteiger partial charge in [-0.05, 0) is 25.8 Å². The van der Waals surface area contributed by atoms with Crippen molar-refractivity contribution in [2.75, 3.05) is 6.54 Å². The van der Waals surface area contributed by atoms with Gasteiger partial charge in [-0.2, -0.15) is 0 Å². The fourth-order valence-corrected chi connectivity index (χ4v) is 1.19. The van der Waals surface area contributed by atoms with Crippen LogP contribution >= 0.6 is 0 Å². The van der Waals surface area contributed by atoms with Gasteiger partial charge < -0.3 is 5.32 Å². The van der Waals surface area contributed by atoms with Gasteiger partial charge in [-0.1, -0.05) is 6.92 Å². The van der Waals surface area contributed by atoms with Gasteiger partial charge in [0.05, 0.1) is 0 Å². The minimum atomic E-state index is -0.631. The molecule has 1 nitrogen and oxygen atoms in total. The molecule has 1 fully saturated rings. The second-order valence-corrected chi connectivity index (χ2v) is 3.05. The van der Waals surface area contributed by atoms with Crippen LogP contribution < -0.4 is 5.32 Å². The Balaban J connectivity index is 2.35. The van der Waals surface area contributed by atoms with Crippen LogP contribution in [0.15, 0.2) is 0 Å². The fourth-order valence-electron chi connectivity index (χ4n) is 1.19. The van der Waals surface area contributed by atoms with Gasteiger partial charge in [0.2, 0.25) is 0 Å². The molecule has 0 spiro atoms. The molecule has 1 aliphatic heterocycles. The van der Waals surface area contributed by atoms with Crippen LogP contribution in [0.2, 0.25) is 0 Å². The van der Waals surface area contributed by atoms with Crippen LogP contribution in [0.25, 0.3) is 0 Å². The van der Waals surface area contributed by atoms with Crippen molar-refractivity contribution in [3.63, 3.8) is 0 Å². The molecule has 54 valence electrons. The zero-order valence-corrected chi connectivity index (χ0v) is 6.02. The summed E-state index contributed by atoms with van der Waals surface area (Å²) in [5.74, 6) is 0.510. The summed E-state index contributed by atoms with van der Waals surface area (Å²) in [6.45, 7) is 4.95. The average molecular weight is 131 g/mol. The zero-order chi connectivity index (χ0) is 6.85. The Kier molecular flexibility index (Phi) is 2.06. The van der Waals surface area contributed by atoms with Crippen molar-refractivity contribution in [1.29, 1.82) is 0 Å². The molecule has 0 amide bonds. The lowest BCUT2D eigenvalue weighted by molar-refractivity contribution is 0.175. The first-order chi connectivity index (χ1) is 4.20. The summed E-state index contributed by atoms with van der Waals surface area (Å²) in [7, 11) is 0. The molecule has 0 aromatic rings. The molecule has 1 saturated heterocycles. The van der Waals surface area contributed by atoms with Crippen LogP contribution in [0.4, 0.5) is 4.39 Å². The normalized spacial score (nSPS) is 45.0. The summed E-state index contributed by atoms with van der Waals surface area (Å²) in [5, 5.41) is 3.11. The first-order valence-electron chi connectivity index (χ1n) is 3.57. The first kappa shape index (κ1) is 7.00. The number of alkyl halides is 1. The maximum Gasteiger partial charge on any atom is 0.115 e.